The van der Waals surface area contributed by atoms with Crippen LogP contribution in [0.3, 0.4) is 0 Å². The lowest BCUT2D eigenvalue weighted by molar-refractivity contribution is -0.139. The lowest BCUT2D eigenvalue weighted by atomic mass is 10.2. The zero-order valence-electron chi connectivity index (χ0n) is 12.5. The molecule has 2 rings (SSSR count). The van der Waals surface area contributed by atoms with Crippen molar-refractivity contribution in [3.8, 4) is 11.4 Å². The molecule has 110 valence electrons. The Morgan fingerprint density at radius 3 is 2.71 bits per heavy atom. The maximum Gasteiger partial charge on any atom is 0.318 e. The maximum atomic E-state index is 11.6. The molecule has 0 aliphatic carbocycles. The highest BCUT2D eigenvalue weighted by Crippen LogP contribution is 2.28. The van der Waals surface area contributed by atoms with E-state index in [-0.39, 0.29) is 11.2 Å². The van der Waals surface area contributed by atoms with Gasteiger partial charge in [0.2, 0.25) is 0 Å². The first-order chi connectivity index (χ1) is 10.0. The topological polar surface area (TPSA) is 65.0 Å². The van der Waals surface area contributed by atoms with Crippen LogP contribution in [0.5, 0.6) is 0 Å². The van der Waals surface area contributed by atoms with Crippen molar-refractivity contribution in [2.45, 2.75) is 31.0 Å². The first-order valence-electron chi connectivity index (χ1n) is 6.53. The van der Waals surface area contributed by atoms with Gasteiger partial charge < -0.3 is 4.74 Å². The average molecular weight is 303 g/mol. The summed E-state index contributed by atoms with van der Waals surface area (Å²) in [7, 11) is 1.39. The number of rotatable bonds is 4. The molecule has 0 aliphatic heterocycles. The molecule has 1 atom stereocenters. The second-order valence-electron chi connectivity index (χ2n) is 4.59. The molecule has 0 radical (unpaired) electrons. The standard InChI is InChI=1S/C15H17N3O2S/c1-9-10(2)17-13(12-6-5-7-16-8-12)18-14(9)21-11(3)15(19)20-4/h5-8,11H,1-4H3. The largest absolute Gasteiger partial charge is 0.468 e. The molecule has 2 heterocycles. The lowest BCUT2D eigenvalue weighted by Crippen LogP contribution is -2.15. The van der Waals surface area contributed by atoms with E-state index in [9.17, 15) is 4.79 Å². The van der Waals surface area contributed by atoms with E-state index < -0.39 is 0 Å². The van der Waals surface area contributed by atoms with Gasteiger partial charge in [0.05, 0.1) is 7.11 Å². The molecule has 0 fully saturated rings. The third-order valence-electron chi connectivity index (χ3n) is 3.09. The predicted molar refractivity (Wildman–Crippen MR) is 82.1 cm³/mol. The predicted octanol–water partition coefficient (Wildman–Crippen LogP) is 2.81. The van der Waals surface area contributed by atoms with Crippen molar-refractivity contribution in [1.29, 1.82) is 0 Å². The van der Waals surface area contributed by atoms with Crippen LogP contribution in [0.2, 0.25) is 0 Å². The summed E-state index contributed by atoms with van der Waals surface area (Å²) >= 11 is 1.38. The number of esters is 1. The highest BCUT2D eigenvalue weighted by Gasteiger charge is 2.18. The van der Waals surface area contributed by atoms with E-state index in [0.717, 1.165) is 21.8 Å². The van der Waals surface area contributed by atoms with Crippen molar-refractivity contribution in [3.63, 3.8) is 0 Å². The number of carbonyl (C=O) groups is 1. The lowest BCUT2D eigenvalue weighted by Gasteiger charge is -2.13. The normalized spacial score (nSPS) is 12.0. The quantitative estimate of drug-likeness (QED) is 0.491. The van der Waals surface area contributed by atoms with Crippen LogP contribution in [0.15, 0.2) is 29.6 Å². The van der Waals surface area contributed by atoms with Crippen LogP contribution < -0.4 is 0 Å². The van der Waals surface area contributed by atoms with E-state index in [0.29, 0.717) is 5.82 Å². The van der Waals surface area contributed by atoms with Crippen molar-refractivity contribution in [3.05, 3.63) is 35.8 Å². The van der Waals surface area contributed by atoms with Gasteiger partial charge in [0.15, 0.2) is 5.82 Å². The number of hydrogen-bond acceptors (Lipinski definition) is 6. The average Bonchev–Trinajstić information content (AvgIpc) is 2.51. The third-order valence-corrected chi connectivity index (χ3v) is 4.25. The van der Waals surface area contributed by atoms with Gasteiger partial charge in [0.1, 0.15) is 10.3 Å². The first kappa shape index (κ1) is 15.4. The fourth-order valence-corrected chi connectivity index (χ4v) is 2.71. The third kappa shape index (κ3) is 3.58. The molecule has 0 aliphatic rings. The summed E-state index contributed by atoms with van der Waals surface area (Å²) in [4.78, 5) is 24.7. The summed E-state index contributed by atoms with van der Waals surface area (Å²) in [6.45, 7) is 5.69. The van der Waals surface area contributed by atoms with E-state index in [2.05, 4.69) is 15.0 Å². The molecule has 0 aromatic carbocycles. The van der Waals surface area contributed by atoms with Crippen LogP contribution in [0.25, 0.3) is 11.4 Å². The summed E-state index contributed by atoms with van der Waals surface area (Å²) in [5, 5.41) is 0.476. The molecule has 2 aromatic heterocycles. The number of hydrogen-bond donors (Lipinski definition) is 0. The monoisotopic (exact) mass is 303 g/mol. The van der Waals surface area contributed by atoms with Crippen LogP contribution in [0, 0.1) is 13.8 Å². The van der Waals surface area contributed by atoms with Crippen LogP contribution >= 0.6 is 11.8 Å². The molecule has 5 nitrogen and oxygen atoms in total. The Balaban J connectivity index is 2.38. The fraction of sp³-hybridized carbons (Fsp3) is 0.333. The second-order valence-corrected chi connectivity index (χ2v) is 5.92. The Morgan fingerprint density at radius 1 is 1.33 bits per heavy atom. The number of pyridine rings is 1. The van der Waals surface area contributed by atoms with Gasteiger partial charge in [0.25, 0.3) is 0 Å². The number of aromatic nitrogens is 3. The van der Waals surface area contributed by atoms with Gasteiger partial charge in [-0.2, -0.15) is 0 Å². The Hall–Kier alpha value is -1.95. The van der Waals surface area contributed by atoms with Crippen LogP contribution in [-0.2, 0) is 9.53 Å². The number of carbonyl (C=O) groups excluding carboxylic acids is 1. The molecule has 2 aromatic rings. The van der Waals surface area contributed by atoms with E-state index >= 15 is 0 Å². The molecule has 0 N–H and O–H groups in total. The molecular weight excluding hydrogens is 286 g/mol. The van der Waals surface area contributed by atoms with Crippen molar-refractivity contribution in [1.82, 2.24) is 15.0 Å². The number of nitrogens with zero attached hydrogens (tertiary/aromatic N) is 3. The summed E-state index contributed by atoms with van der Waals surface area (Å²) < 4.78 is 4.76. The number of methoxy groups -OCH3 is 1. The summed E-state index contributed by atoms with van der Waals surface area (Å²) in [6, 6.07) is 3.76. The van der Waals surface area contributed by atoms with Crippen molar-refractivity contribution < 1.29 is 9.53 Å². The number of ether oxygens (including phenoxy) is 1. The summed E-state index contributed by atoms with van der Waals surface area (Å²) in [5.74, 6) is 0.351. The molecule has 0 bridgehead atoms. The second kappa shape index (κ2) is 6.67. The highest BCUT2D eigenvalue weighted by molar-refractivity contribution is 8.00. The van der Waals surface area contributed by atoms with Gasteiger partial charge in [0, 0.05) is 29.2 Å². The molecule has 0 saturated carbocycles. The van der Waals surface area contributed by atoms with Gasteiger partial charge >= 0.3 is 5.97 Å². The minimum atomic E-state index is -0.315. The maximum absolute atomic E-state index is 11.6. The molecule has 21 heavy (non-hydrogen) atoms. The van der Waals surface area contributed by atoms with Gasteiger partial charge in [-0.15, -0.1) is 0 Å². The summed E-state index contributed by atoms with van der Waals surface area (Å²) in [5.41, 5.74) is 2.72. The Bertz CT molecular complexity index is 647. The minimum Gasteiger partial charge on any atom is -0.468 e. The Morgan fingerprint density at radius 2 is 2.10 bits per heavy atom. The molecule has 1 unspecified atom stereocenters. The van der Waals surface area contributed by atoms with E-state index in [1.54, 1.807) is 19.3 Å². The molecule has 0 spiro atoms. The van der Waals surface area contributed by atoms with Gasteiger partial charge in [-0.05, 0) is 32.9 Å². The zero-order valence-corrected chi connectivity index (χ0v) is 13.3. The van der Waals surface area contributed by atoms with Crippen molar-refractivity contribution in [2.75, 3.05) is 7.11 Å². The number of aryl methyl sites for hydroxylation is 1. The van der Waals surface area contributed by atoms with Crippen LogP contribution in [-0.4, -0.2) is 33.3 Å². The molecular formula is C15H17N3O2S. The van der Waals surface area contributed by atoms with Gasteiger partial charge in [-0.3, -0.25) is 9.78 Å². The van der Waals surface area contributed by atoms with E-state index in [1.165, 1.54) is 18.9 Å². The molecule has 0 saturated heterocycles. The van der Waals surface area contributed by atoms with E-state index in [1.807, 2.05) is 26.0 Å². The van der Waals surface area contributed by atoms with Gasteiger partial charge in [-0.25, -0.2) is 9.97 Å². The van der Waals surface area contributed by atoms with Crippen LogP contribution in [0.4, 0.5) is 0 Å². The SMILES string of the molecule is COC(=O)C(C)Sc1nc(-c2cccnc2)nc(C)c1C. The minimum absolute atomic E-state index is 0.265. The van der Waals surface area contributed by atoms with Crippen LogP contribution in [0.1, 0.15) is 18.2 Å². The van der Waals surface area contributed by atoms with E-state index in [4.69, 9.17) is 4.74 Å². The first-order valence-corrected chi connectivity index (χ1v) is 7.41. The van der Waals surface area contributed by atoms with Crippen molar-refractivity contribution >= 4 is 17.7 Å². The van der Waals surface area contributed by atoms with Gasteiger partial charge in [-0.1, -0.05) is 11.8 Å². The van der Waals surface area contributed by atoms with Crippen molar-refractivity contribution in [2.24, 2.45) is 0 Å². The summed E-state index contributed by atoms with van der Waals surface area (Å²) in [6.07, 6.45) is 3.43. The smallest absolute Gasteiger partial charge is 0.318 e. The molecule has 6 heteroatoms. The highest BCUT2D eigenvalue weighted by atomic mass is 32.2. The Kier molecular flexibility index (Phi) is 4.90. The molecule has 0 amide bonds. The Labute approximate surface area is 128 Å². The fourth-order valence-electron chi connectivity index (χ4n) is 1.72. The zero-order chi connectivity index (χ0) is 15.4. The number of thioether (sulfide) groups is 1.